The van der Waals surface area contributed by atoms with Crippen molar-refractivity contribution in [2.24, 2.45) is 0 Å². The summed E-state index contributed by atoms with van der Waals surface area (Å²) in [5, 5.41) is 3.21. The topological polar surface area (TPSA) is 56.3 Å². The molecule has 0 bridgehead atoms. The largest absolute Gasteiger partial charge is 0.478 e. The molecule has 0 unspecified atom stereocenters. The number of nitrogens with zero attached hydrogens (tertiary/aromatic N) is 2. The molecule has 1 aromatic rings. The smallest absolute Gasteiger partial charge is 0.226 e. The fourth-order valence-corrected chi connectivity index (χ4v) is 2.52. The molecule has 1 saturated carbocycles. The van der Waals surface area contributed by atoms with Crippen LogP contribution in [0, 0.1) is 6.92 Å². The minimum atomic E-state index is 0.447. The highest BCUT2D eigenvalue weighted by molar-refractivity contribution is 5.30. The van der Waals surface area contributed by atoms with Crippen LogP contribution < -0.4 is 10.1 Å². The van der Waals surface area contributed by atoms with E-state index < -0.39 is 0 Å². The maximum absolute atomic E-state index is 5.88. The molecule has 0 aromatic carbocycles. The lowest BCUT2D eigenvalue weighted by molar-refractivity contribution is 0.0347. The lowest BCUT2D eigenvalue weighted by Gasteiger charge is -2.22. The summed E-state index contributed by atoms with van der Waals surface area (Å²) >= 11 is 0. The van der Waals surface area contributed by atoms with Gasteiger partial charge in [-0.05, 0) is 26.2 Å². The number of rotatable bonds is 8. The van der Waals surface area contributed by atoms with Crippen LogP contribution in [0.25, 0.3) is 0 Å². The van der Waals surface area contributed by atoms with Crippen LogP contribution in [0.1, 0.15) is 51.1 Å². The predicted molar refractivity (Wildman–Crippen MR) is 83.9 cm³/mol. The van der Waals surface area contributed by atoms with E-state index in [0.29, 0.717) is 31.1 Å². The van der Waals surface area contributed by atoms with Crippen molar-refractivity contribution in [1.29, 1.82) is 0 Å². The zero-order valence-electron chi connectivity index (χ0n) is 13.2. The standard InChI is InChI=1S/C16H27N3O2/c1-3-10-21-15-12-13(2)18-16(19-15)17-9-11-20-14-7-5-4-6-8-14/h12,14H,3-11H2,1-2H3,(H,17,18,19). The van der Waals surface area contributed by atoms with Gasteiger partial charge in [-0.1, -0.05) is 26.2 Å². The maximum atomic E-state index is 5.88. The van der Waals surface area contributed by atoms with E-state index in [4.69, 9.17) is 9.47 Å². The Bertz CT molecular complexity index is 420. The number of anilines is 1. The van der Waals surface area contributed by atoms with Crippen molar-refractivity contribution in [3.05, 3.63) is 11.8 Å². The van der Waals surface area contributed by atoms with Gasteiger partial charge in [0, 0.05) is 18.3 Å². The van der Waals surface area contributed by atoms with Gasteiger partial charge in [-0.25, -0.2) is 4.98 Å². The van der Waals surface area contributed by atoms with Gasteiger partial charge >= 0.3 is 0 Å². The fraction of sp³-hybridized carbons (Fsp3) is 0.750. The predicted octanol–water partition coefficient (Wildman–Crippen LogP) is 3.34. The summed E-state index contributed by atoms with van der Waals surface area (Å²) in [6.45, 7) is 6.14. The Morgan fingerprint density at radius 3 is 2.76 bits per heavy atom. The Labute approximate surface area is 127 Å². The van der Waals surface area contributed by atoms with Crippen molar-refractivity contribution in [3.63, 3.8) is 0 Å². The van der Waals surface area contributed by atoms with Crippen LogP contribution in [0.2, 0.25) is 0 Å². The van der Waals surface area contributed by atoms with Crippen LogP contribution in [0.5, 0.6) is 5.88 Å². The number of ether oxygens (including phenoxy) is 2. The molecule has 0 aliphatic heterocycles. The molecule has 118 valence electrons. The first-order valence-electron chi connectivity index (χ1n) is 8.12. The molecule has 5 nitrogen and oxygen atoms in total. The molecule has 1 heterocycles. The Kier molecular flexibility index (Phi) is 6.73. The number of hydrogen-bond acceptors (Lipinski definition) is 5. The summed E-state index contributed by atoms with van der Waals surface area (Å²) in [6, 6.07) is 1.86. The molecular formula is C16H27N3O2. The third kappa shape index (κ3) is 5.87. The van der Waals surface area contributed by atoms with E-state index in [1.807, 2.05) is 13.0 Å². The van der Waals surface area contributed by atoms with Gasteiger partial charge in [0.2, 0.25) is 11.8 Å². The van der Waals surface area contributed by atoms with Crippen LogP contribution in [0.4, 0.5) is 5.95 Å². The molecule has 2 rings (SSSR count). The summed E-state index contributed by atoms with van der Waals surface area (Å²) < 4.78 is 11.4. The average Bonchev–Trinajstić information content (AvgIpc) is 2.50. The van der Waals surface area contributed by atoms with Crippen molar-refractivity contribution in [2.75, 3.05) is 25.1 Å². The second-order valence-electron chi connectivity index (χ2n) is 5.58. The van der Waals surface area contributed by atoms with Crippen molar-refractivity contribution < 1.29 is 9.47 Å². The van der Waals surface area contributed by atoms with Crippen molar-refractivity contribution in [3.8, 4) is 5.88 Å². The van der Waals surface area contributed by atoms with Gasteiger partial charge in [0.15, 0.2) is 0 Å². The van der Waals surface area contributed by atoms with Crippen LogP contribution in [0.3, 0.4) is 0 Å². The first-order valence-corrected chi connectivity index (χ1v) is 8.12. The second-order valence-corrected chi connectivity index (χ2v) is 5.58. The van der Waals surface area contributed by atoms with Gasteiger partial charge < -0.3 is 14.8 Å². The summed E-state index contributed by atoms with van der Waals surface area (Å²) in [4.78, 5) is 8.72. The first kappa shape index (κ1) is 16.0. The molecule has 1 aliphatic rings. The highest BCUT2D eigenvalue weighted by atomic mass is 16.5. The molecule has 1 aliphatic carbocycles. The van der Waals surface area contributed by atoms with Crippen molar-refractivity contribution in [1.82, 2.24) is 9.97 Å². The molecule has 0 radical (unpaired) electrons. The summed E-state index contributed by atoms with van der Waals surface area (Å²) in [5.74, 6) is 1.26. The number of hydrogen-bond donors (Lipinski definition) is 1. The maximum Gasteiger partial charge on any atom is 0.226 e. The molecule has 0 atom stereocenters. The van der Waals surface area contributed by atoms with Gasteiger partial charge in [0.25, 0.3) is 0 Å². The Morgan fingerprint density at radius 1 is 1.19 bits per heavy atom. The SMILES string of the molecule is CCCOc1cc(C)nc(NCCOC2CCCCC2)n1. The summed E-state index contributed by atoms with van der Waals surface area (Å²) in [5.41, 5.74) is 0.909. The highest BCUT2D eigenvalue weighted by Crippen LogP contribution is 2.20. The second kappa shape index (κ2) is 8.82. The zero-order chi connectivity index (χ0) is 14.9. The molecule has 0 spiro atoms. The molecule has 0 amide bonds. The third-order valence-electron chi connectivity index (χ3n) is 3.58. The molecule has 5 heteroatoms. The molecule has 1 fully saturated rings. The monoisotopic (exact) mass is 293 g/mol. The van der Waals surface area contributed by atoms with Gasteiger partial charge in [0.1, 0.15) is 0 Å². The zero-order valence-corrected chi connectivity index (χ0v) is 13.2. The number of aromatic nitrogens is 2. The van der Waals surface area contributed by atoms with E-state index in [9.17, 15) is 0 Å². The molecule has 0 saturated heterocycles. The first-order chi connectivity index (χ1) is 10.3. The fourth-order valence-electron chi connectivity index (χ4n) is 2.52. The van der Waals surface area contributed by atoms with Crippen LogP contribution in [-0.2, 0) is 4.74 Å². The van der Waals surface area contributed by atoms with Crippen LogP contribution in [0.15, 0.2) is 6.07 Å². The molecular weight excluding hydrogens is 266 g/mol. The highest BCUT2D eigenvalue weighted by Gasteiger charge is 2.13. The van der Waals surface area contributed by atoms with Crippen LogP contribution in [-0.4, -0.2) is 35.8 Å². The van der Waals surface area contributed by atoms with E-state index in [0.717, 1.165) is 18.7 Å². The third-order valence-corrected chi connectivity index (χ3v) is 3.58. The molecule has 21 heavy (non-hydrogen) atoms. The quantitative estimate of drug-likeness (QED) is 0.745. The van der Waals surface area contributed by atoms with Crippen molar-refractivity contribution in [2.45, 2.75) is 58.5 Å². The molecule has 1 aromatic heterocycles. The Hall–Kier alpha value is -1.36. The minimum absolute atomic E-state index is 0.447. The molecule has 1 N–H and O–H groups in total. The summed E-state index contributed by atoms with van der Waals surface area (Å²) in [6.07, 6.45) is 7.79. The number of nitrogens with one attached hydrogen (secondary N) is 1. The van der Waals surface area contributed by atoms with Crippen LogP contribution >= 0.6 is 0 Å². The minimum Gasteiger partial charge on any atom is -0.478 e. The van der Waals surface area contributed by atoms with E-state index in [1.54, 1.807) is 0 Å². The normalized spacial score (nSPS) is 15.9. The van der Waals surface area contributed by atoms with Gasteiger partial charge in [0.05, 0.1) is 19.3 Å². The lowest BCUT2D eigenvalue weighted by Crippen LogP contribution is -2.21. The van der Waals surface area contributed by atoms with E-state index in [1.165, 1.54) is 32.1 Å². The van der Waals surface area contributed by atoms with E-state index in [-0.39, 0.29) is 0 Å². The van der Waals surface area contributed by atoms with Gasteiger partial charge in [-0.2, -0.15) is 4.98 Å². The van der Waals surface area contributed by atoms with E-state index >= 15 is 0 Å². The van der Waals surface area contributed by atoms with Gasteiger partial charge in [-0.15, -0.1) is 0 Å². The van der Waals surface area contributed by atoms with Gasteiger partial charge in [-0.3, -0.25) is 0 Å². The lowest BCUT2D eigenvalue weighted by atomic mass is 9.98. The Morgan fingerprint density at radius 2 is 2.00 bits per heavy atom. The Balaban J connectivity index is 1.72. The number of aryl methyl sites for hydroxylation is 1. The average molecular weight is 293 g/mol. The van der Waals surface area contributed by atoms with E-state index in [2.05, 4.69) is 22.2 Å². The summed E-state index contributed by atoms with van der Waals surface area (Å²) in [7, 11) is 0. The van der Waals surface area contributed by atoms with Crippen molar-refractivity contribution >= 4 is 5.95 Å².